The monoisotopic (exact) mass is 414 g/mol. The Bertz CT molecular complexity index is 1210. The molecule has 7 heteroatoms. The number of rotatable bonds is 7. The molecule has 0 radical (unpaired) electrons. The summed E-state index contributed by atoms with van der Waals surface area (Å²) in [7, 11) is 0. The van der Waals surface area contributed by atoms with Crippen LogP contribution in [0.25, 0.3) is 10.9 Å². The van der Waals surface area contributed by atoms with Crippen molar-refractivity contribution in [1.82, 2.24) is 14.8 Å². The van der Waals surface area contributed by atoms with Crippen LogP contribution in [0, 0.1) is 11.3 Å². The van der Waals surface area contributed by atoms with Gasteiger partial charge < -0.3 is 9.88 Å². The molecule has 1 saturated heterocycles. The van der Waals surface area contributed by atoms with E-state index in [0.717, 1.165) is 15.8 Å². The molecule has 1 aliphatic rings. The number of aryl methyl sites for hydroxylation is 1. The van der Waals surface area contributed by atoms with Crippen LogP contribution in [-0.2, 0) is 16.9 Å². The fourth-order valence-corrected chi connectivity index (χ4v) is 4.18. The lowest BCUT2D eigenvalue weighted by Crippen LogP contribution is -2.43. The highest BCUT2D eigenvalue weighted by Gasteiger charge is 2.51. The van der Waals surface area contributed by atoms with Crippen LogP contribution in [0.3, 0.4) is 0 Å². The molecule has 0 spiro atoms. The molecule has 0 bridgehead atoms. The van der Waals surface area contributed by atoms with Crippen LogP contribution < -0.4 is 5.32 Å². The highest BCUT2D eigenvalue weighted by atomic mass is 16.2. The number of ketones is 1. The third-order valence-electron chi connectivity index (χ3n) is 5.83. The third-order valence-corrected chi connectivity index (χ3v) is 5.83. The summed E-state index contributed by atoms with van der Waals surface area (Å²) < 4.78 is 1.86. The van der Waals surface area contributed by atoms with Gasteiger partial charge >= 0.3 is 6.03 Å². The zero-order chi connectivity index (χ0) is 22.0. The first kappa shape index (κ1) is 20.4. The number of amides is 3. The second-order valence-electron chi connectivity index (χ2n) is 7.53. The number of hydrogen-bond donors (Lipinski definition) is 1. The molecule has 2 aromatic carbocycles. The lowest BCUT2D eigenvalue weighted by Gasteiger charge is -2.25. The minimum atomic E-state index is -1.17. The van der Waals surface area contributed by atoms with Gasteiger partial charge in [0, 0.05) is 29.2 Å². The molecule has 7 nitrogen and oxygen atoms in total. The number of Topliss-reactive ketones (excluding diaryl/α,β-unsaturated/α-hetero) is 1. The molecule has 1 aliphatic heterocycles. The number of imide groups is 1. The Hall–Kier alpha value is -3.92. The van der Waals surface area contributed by atoms with Crippen molar-refractivity contribution in [2.45, 2.75) is 31.8 Å². The number of nitrogens with zero attached hydrogens (tertiary/aromatic N) is 3. The molecule has 0 saturated carbocycles. The van der Waals surface area contributed by atoms with E-state index in [1.807, 2.05) is 54.0 Å². The van der Waals surface area contributed by atoms with E-state index >= 15 is 0 Å². The van der Waals surface area contributed by atoms with Gasteiger partial charge in [0.05, 0.1) is 19.0 Å². The number of aromatic nitrogens is 1. The standard InChI is InChI=1S/C24H22N4O3/c1-2-24(17-9-4-3-5-10-17)22(30)28(23(31)26-24)16-21(29)19-15-27(14-8-13-25)20-12-7-6-11-18(19)20/h3-7,9-12,15H,2,8,14,16H2,1H3,(H,26,31)/t24-/m0/s1. The first-order chi connectivity index (χ1) is 15.0. The molecule has 1 aromatic heterocycles. The van der Waals surface area contributed by atoms with Gasteiger partial charge in [-0.15, -0.1) is 0 Å². The van der Waals surface area contributed by atoms with E-state index < -0.39 is 17.5 Å². The number of benzene rings is 2. The summed E-state index contributed by atoms with van der Waals surface area (Å²) in [5.41, 5.74) is 0.798. The third kappa shape index (κ3) is 3.36. The summed E-state index contributed by atoms with van der Waals surface area (Å²) in [6.45, 7) is 1.95. The Morgan fingerprint density at radius 1 is 1.10 bits per heavy atom. The average Bonchev–Trinajstić information content (AvgIpc) is 3.29. The molecule has 1 atom stereocenters. The van der Waals surface area contributed by atoms with Crippen LogP contribution in [-0.4, -0.2) is 33.7 Å². The molecule has 2 heterocycles. The minimum absolute atomic E-state index is 0.315. The highest BCUT2D eigenvalue weighted by molar-refractivity contribution is 6.14. The number of carbonyl (C=O) groups is 3. The molecule has 1 fully saturated rings. The summed E-state index contributed by atoms with van der Waals surface area (Å²) >= 11 is 0. The molecule has 156 valence electrons. The van der Waals surface area contributed by atoms with Gasteiger partial charge in [-0.2, -0.15) is 5.26 Å². The van der Waals surface area contributed by atoms with E-state index in [1.54, 1.807) is 18.3 Å². The quantitative estimate of drug-likeness (QED) is 0.472. The van der Waals surface area contributed by atoms with E-state index in [2.05, 4.69) is 11.4 Å². The number of fused-ring (bicyclic) bond motifs is 1. The van der Waals surface area contributed by atoms with Crippen molar-refractivity contribution in [2.24, 2.45) is 0 Å². The zero-order valence-electron chi connectivity index (χ0n) is 17.2. The van der Waals surface area contributed by atoms with Crippen molar-refractivity contribution < 1.29 is 14.4 Å². The van der Waals surface area contributed by atoms with Gasteiger partial charge in [0.15, 0.2) is 5.78 Å². The molecule has 4 rings (SSSR count). The molecule has 31 heavy (non-hydrogen) atoms. The summed E-state index contributed by atoms with van der Waals surface area (Å²) in [5, 5.41) is 12.5. The lowest BCUT2D eigenvalue weighted by atomic mass is 9.87. The Morgan fingerprint density at radius 2 is 1.81 bits per heavy atom. The summed E-state index contributed by atoms with van der Waals surface area (Å²) in [6.07, 6.45) is 2.39. The van der Waals surface area contributed by atoms with E-state index in [4.69, 9.17) is 5.26 Å². The number of carbonyl (C=O) groups excluding carboxylic acids is 3. The minimum Gasteiger partial charge on any atom is -0.346 e. The maximum absolute atomic E-state index is 13.3. The van der Waals surface area contributed by atoms with E-state index in [9.17, 15) is 14.4 Å². The summed E-state index contributed by atoms with van der Waals surface area (Å²) in [6, 6.07) is 18.0. The predicted molar refractivity (Wildman–Crippen MR) is 115 cm³/mol. The van der Waals surface area contributed by atoms with Crippen molar-refractivity contribution in [3.63, 3.8) is 0 Å². The topological polar surface area (TPSA) is 95.2 Å². The molecular formula is C24H22N4O3. The van der Waals surface area contributed by atoms with Crippen LogP contribution in [0.4, 0.5) is 4.79 Å². The van der Waals surface area contributed by atoms with Crippen LogP contribution in [0.2, 0.25) is 0 Å². The second kappa shape index (κ2) is 8.07. The number of para-hydroxylation sites is 1. The van der Waals surface area contributed by atoms with Gasteiger partial charge in [-0.25, -0.2) is 4.79 Å². The lowest BCUT2D eigenvalue weighted by molar-refractivity contribution is -0.131. The fourth-order valence-electron chi connectivity index (χ4n) is 4.18. The van der Waals surface area contributed by atoms with Crippen LogP contribution >= 0.6 is 0 Å². The summed E-state index contributed by atoms with van der Waals surface area (Å²) in [4.78, 5) is 40.2. The molecule has 3 aromatic rings. The van der Waals surface area contributed by atoms with E-state index in [1.165, 1.54) is 0 Å². The first-order valence-corrected chi connectivity index (χ1v) is 10.2. The van der Waals surface area contributed by atoms with Crippen LogP contribution in [0.1, 0.15) is 35.7 Å². The Balaban J connectivity index is 1.64. The molecule has 3 amide bonds. The SMILES string of the molecule is CC[C@@]1(c2ccccc2)NC(=O)N(CC(=O)c2cn(CCC#N)c3ccccc23)C1=O. The normalized spacial score (nSPS) is 18.3. The van der Waals surface area contributed by atoms with Crippen LogP contribution in [0.5, 0.6) is 0 Å². The maximum Gasteiger partial charge on any atom is 0.325 e. The zero-order valence-corrected chi connectivity index (χ0v) is 17.2. The number of hydrogen-bond acceptors (Lipinski definition) is 4. The maximum atomic E-state index is 13.3. The van der Waals surface area contributed by atoms with Gasteiger partial charge in [0.1, 0.15) is 5.54 Å². The average molecular weight is 414 g/mol. The molecular weight excluding hydrogens is 392 g/mol. The van der Waals surface area contributed by atoms with Crippen molar-refractivity contribution in [1.29, 1.82) is 5.26 Å². The Morgan fingerprint density at radius 3 is 2.52 bits per heavy atom. The van der Waals surface area contributed by atoms with Gasteiger partial charge in [0.25, 0.3) is 5.91 Å². The van der Waals surface area contributed by atoms with Gasteiger partial charge in [-0.1, -0.05) is 55.5 Å². The molecule has 0 aliphatic carbocycles. The van der Waals surface area contributed by atoms with Crippen molar-refractivity contribution in [3.05, 3.63) is 71.9 Å². The van der Waals surface area contributed by atoms with Crippen LogP contribution in [0.15, 0.2) is 60.8 Å². The Labute approximate surface area is 179 Å². The van der Waals surface area contributed by atoms with Crippen molar-refractivity contribution >= 4 is 28.6 Å². The smallest absolute Gasteiger partial charge is 0.325 e. The fraction of sp³-hybridized carbons (Fsp3) is 0.250. The number of nitriles is 1. The van der Waals surface area contributed by atoms with Crippen molar-refractivity contribution in [3.8, 4) is 6.07 Å². The largest absolute Gasteiger partial charge is 0.346 e. The van der Waals surface area contributed by atoms with Gasteiger partial charge in [-0.05, 0) is 18.1 Å². The van der Waals surface area contributed by atoms with E-state index in [-0.39, 0.29) is 12.3 Å². The Kier molecular flexibility index (Phi) is 5.30. The summed E-state index contributed by atoms with van der Waals surface area (Å²) in [5.74, 6) is -0.747. The number of nitrogens with one attached hydrogen (secondary N) is 1. The second-order valence-corrected chi connectivity index (χ2v) is 7.53. The predicted octanol–water partition coefficient (Wildman–Crippen LogP) is 3.59. The first-order valence-electron chi connectivity index (χ1n) is 10.2. The van der Waals surface area contributed by atoms with Gasteiger partial charge in [0.2, 0.25) is 0 Å². The number of urea groups is 1. The molecule has 0 unspecified atom stereocenters. The van der Waals surface area contributed by atoms with E-state index in [0.29, 0.717) is 30.5 Å². The van der Waals surface area contributed by atoms with Gasteiger partial charge in [-0.3, -0.25) is 14.5 Å². The molecule has 1 N–H and O–H groups in total. The highest BCUT2D eigenvalue weighted by Crippen LogP contribution is 2.32. The van der Waals surface area contributed by atoms with Crippen molar-refractivity contribution in [2.75, 3.05) is 6.54 Å².